The Morgan fingerprint density at radius 3 is 2.12 bits per heavy atom. The molecule has 0 aromatic heterocycles. The lowest BCUT2D eigenvalue weighted by molar-refractivity contribution is -0.137. The van der Waals surface area contributed by atoms with Gasteiger partial charge in [-0.05, 0) is 36.1 Å². The first-order chi connectivity index (χ1) is 11.1. The van der Waals surface area contributed by atoms with Crippen molar-refractivity contribution in [2.75, 3.05) is 20.1 Å². The van der Waals surface area contributed by atoms with Gasteiger partial charge in [0.15, 0.2) is 0 Å². The smallest absolute Gasteiger partial charge is 0.303 e. The summed E-state index contributed by atoms with van der Waals surface area (Å²) < 4.78 is 0. The number of nitrogens with one attached hydrogen (secondary N) is 1. The molecule has 0 aliphatic carbocycles. The number of benzene rings is 1. The second kappa shape index (κ2) is 8.47. The van der Waals surface area contributed by atoms with Crippen molar-refractivity contribution in [2.45, 2.75) is 33.6 Å². The molecule has 1 aromatic carbocycles. The van der Waals surface area contributed by atoms with Crippen molar-refractivity contribution >= 4 is 17.8 Å². The van der Waals surface area contributed by atoms with E-state index in [1.165, 1.54) is 4.90 Å². The summed E-state index contributed by atoms with van der Waals surface area (Å²) in [7, 11) is 1.63. The molecule has 1 aromatic rings. The number of hydrogen-bond donors (Lipinski definition) is 2. The highest BCUT2D eigenvalue weighted by Crippen LogP contribution is 2.12. The number of aliphatic carboxylic acids is 1. The standard InChI is InChI=1S/C18H26N2O4/c1-18(2,3)12-19-16(23)13-7-9-14(10-8-13)17(24)20(4)11-5-6-15(21)22/h7-10H,5-6,11-12H2,1-4H3,(H,19,23)(H,21,22). The second-order valence-corrected chi connectivity index (χ2v) is 7.04. The van der Waals surface area contributed by atoms with Crippen molar-refractivity contribution in [3.05, 3.63) is 35.4 Å². The molecule has 0 aliphatic rings. The van der Waals surface area contributed by atoms with Gasteiger partial charge in [0.25, 0.3) is 11.8 Å². The summed E-state index contributed by atoms with van der Waals surface area (Å²) in [5.41, 5.74) is 0.981. The number of rotatable bonds is 7. The largest absolute Gasteiger partial charge is 0.481 e. The molecule has 0 heterocycles. The Kier molecular flexibility index (Phi) is 6.95. The van der Waals surface area contributed by atoms with Crippen LogP contribution in [0.4, 0.5) is 0 Å². The number of nitrogens with zero attached hydrogens (tertiary/aromatic N) is 1. The molecule has 0 saturated carbocycles. The lowest BCUT2D eigenvalue weighted by Crippen LogP contribution is -2.32. The van der Waals surface area contributed by atoms with Gasteiger partial charge >= 0.3 is 5.97 Å². The van der Waals surface area contributed by atoms with E-state index in [9.17, 15) is 14.4 Å². The first-order valence-electron chi connectivity index (χ1n) is 7.96. The van der Waals surface area contributed by atoms with Gasteiger partial charge in [0, 0.05) is 37.7 Å². The maximum atomic E-state index is 12.2. The van der Waals surface area contributed by atoms with Crippen LogP contribution in [0.25, 0.3) is 0 Å². The fourth-order valence-corrected chi connectivity index (χ4v) is 2.00. The van der Waals surface area contributed by atoms with Gasteiger partial charge in [0.1, 0.15) is 0 Å². The average molecular weight is 334 g/mol. The number of carbonyl (C=O) groups is 3. The summed E-state index contributed by atoms with van der Waals surface area (Å²) in [6.45, 7) is 7.05. The molecule has 0 atom stereocenters. The molecule has 6 nitrogen and oxygen atoms in total. The molecule has 2 amide bonds. The minimum absolute atomic E-state index is 0.00420. The van der Waals surface area contributed by atoms with Gasteiger partial charge in [-0.25, -0.2) is 0 Å². The fourth-order valence-electron chi connectivity index (χ4n) is 2.00. The third-order valence-corrected chi connectivity index (χ3v) is 3.40. The van der Waals surface area contributed by atoms with Crippen LogP contribution in [0.1, 0.15) is 54.3 Å². The van der Waals surface area contributed by atoms with Gasteiger partial charge in [0.2, 0.25) is 0 Å². The predicted molar refractivity (Wildman–Crippen MR) is 92.1 cm³/mol. The van der Waals surface area contributed by atoms with Gasteiger partial charge in [-0.3, -0.25) is 14.4 Å². The van der Waals surface area contributed by atoms with Gasteiger partial charge in [-0.15, -0.1) is 0 Å². The second-order valence-electron chi connectivity index (χ2n) is 7.04. The maximum absolute atomic E-state index is 12.2. The third kappa shape index (κ3) is 6.81. The zero-order valence-corrected chi connectivity index (χ0v) is 14.8. The van der Waals surface area contributed by atoms with Crippen LogP contribution in [-0.2, 0) is 4.79 Å². The van der Waals surface area contributed by atoms with E-state index >= 15 is 0 Å². The maximum Gasteiger partial charge on any atom is 0.303 e. The van der Waals surface area contributed by atoms with E-state index in [1.54, 1.807) is 31.3 Å². The molecule has 0 bridgehead atoms. The molecule has 0 saturated heterocycles. The van der Waals surface area contributed by atoms with Crippen LogP contribution in [0.15, 0.2) is 24.3 Å². The zero-order valence-electron chi connectivity index (χ0n) is 14.8. The molecule has 0 unspecified atom stereocenters. The van der Waals surface area contributed by atoms with E-state index in [-0.39, 0.29) is 23.7 Å². The van der Waals surface area contributed by atoms with E-state index in [0.29, 0.717) is 30.6 Å². The minimum atomic E-state index is -0.874. The van der Waals surface area contributed by atoms with Crippen molar-refractivity contribution < 1.29 is 19.5 Å². The normalized spacial score (nSPS) is 11.0. The van der Waals surface area contributed by atoms with Crippen LogP contribution in [0.2, 0.25) is 0 Å². The molecule has 0 radical (unpaired) electrons. The number of amides is 2. The molecular weight excluding hydrogens is 308 g/mol. The molecule has 0 fully saturated rings. The Balaban J connectivity index is 2.61. The fraction of sp³-hybridized carbons (Fsp3) is 0.500. The van der Waals surface area contributed by atoms with E-state index in [4.69, 9.17) is 5.11 Å². The first kappa shape index (κ1) is 19.7. The summed E-state index contributed by atoms with van der Waals surface area (Å²) >= 11 is 0. The lowest BCUT2D eigenvalue weighted by atomic mass is 9.97. The predicted octanol–water partition coefficient (Wildman–Crippen LogP) is 2.40. The Hall–Kier alpha value is -2.37. The monoisotopic (exact) mass is 334 g/mol. The number of carboxylic acids is 1. The van der Waals surface area contributed by atoms with Crippen molar-refractivity contribution in [3.8, 4) is 0 Å². The Morgan fingerprint density at radius 1 is 1.08 bits per heavy atom. The van der Waals surface area contributed by atoms with Crippen LogP contribution in [-0.4, -0.2) is 47.9 Å². The summed E-state index contributed by atoms with van der Waals surface area (Å²) in [4.78, 5) is 36.3. The molecule has 6 heteroatoms. The summed E-state index contributed by atoms with van der Waals surface area (Å²) in [6, 6.07) is 6.47. The van der Waals surface area contributed by atoms with Gasteiger partial charge < -0.3 is 15.3 Å². The molecule has 24 heavy (non-hydrogen) atoms. The molecule has 2 N–H and O–H groups in total. The highest BCUT2D eigenvalue weighted by atomic mass is 16.4. The van der Waals surface area contributed by atoms with Crippen molar-refractivity contribution in [1.82, 2.24) is 10.2 Å². The van der Waals surface area contributed by atoms with Crippen LogP contribution in [0, 0.1) is 5.41 Å². The van der Waals surface area contributed by atoms with Crippen molar-refractivity contribution in [3.63, 3.8) is 0 Å². The highest BCUT2D eigenvalue weighted by molar-refractivity contribution is 5.97. The first-order valence-corrected chi connectivity index (χ1v) is 7.96. The van der Waals surface area contributed by atoms with Crippen LogP contribution in [0.5, 0.6) is 0 Å². The summed E-state index contributed by atoms with van der Waals surface area (Å²) in [6.07, 6.45) is 0.440. The van der Waals surface area contributed by atoms with Crippen molar-refractivity contribution in [2.24, 2.45) is 5.41 Å². The SMILES string of the molecule is CN(CCCC(=O)O)C(=O)c1ccc(C(=O)NCC(C)(C)C)cc1. The molecule has 0 aliphatic heterocycles. The van der Waals surface area contributed by atoms with E-state index < -0.39 is 5.97 Å². The highest BCUT2D eigenvalue weighted by Gasteiger charge is 2.15. The summed E-state index contributed by atoms with van der Waals surface area (Å²) in [5.74, 6) is -1.23. The summed E-state index contributed by atoms with van der Waals surface area (Å²) in [5, 5.41) is 11.5. The molecule has 0 spiro atoms. The minimum Gasteiger partial charge on any atom is -0.481 e. The number of hydrogen-bond acceptors (Lipinski definition) is 3. The van der Waals surface area contributed by atoms with Gasteiger partial charge in [-0.1, -0.05) is 20.8 Å². The van der Waals surface area contributed by atoms with E-state index in [0.717, 1.165) is 0 Å². The van der Waals surface area contributed by atoms with Crippen LogP contribution >= 0.6 is 0 Å². The van der Waals surface area contributed by atoms with Gasteiger partial charge in [-0.2, -0.15) is 0 Å². The Bertz CT molecular complexity index is 588. The number of carboxylic acid groups (broad SMARTS) is 1. The van der Waals surface area contributed by atoms with Gasteiger partial charge in [0.05, 0.1) is 0 Å². The van der Waals surface area contributed by atoms with Crippen molar-refractivity contribution in [1.29, 1.82) is 0 Å². The Morgan fingerprint density at radius 2 is 1.62 bits per heavy atom. The van der Waals surface area contributed by atoms with E-state index in [2.05, 4.69) is 5.32 Å². The zero-order chi connectivity index (χ0) is 18.3. The lowest BCUT2D eigenvalue weighted by Gasteiger charge is -2.19. The third-order valence-electron chi connectivity index (χ3n) is 3.40. The molecular formula is C18H26N2O4. The van der Waals surface area contributed by atoms with Crippen LogP contribution < -0.4 is 5.32 Å². The topological polar surface area (TPSA) is 86.7 Å². The Labute approximate surface area is 142 Å². The van der Waals surface area contributed by atoms with Crippen LogP contribution in [0.3, 0.4) is 0 Å². The number of carbonyl (C=O) groups excluding carboxylic acids is 2. The molecule has 132 valence electrons. The molecule has 1 rings (SSSR count). The average Bonchev–Trinajstić information content (AvgIpc) is 2.50. The van der Waals surface area contributed by atoms with E-state index in [1.807, 2.05) is 20.8 Å². The quantitative estimate of drug-likeness (QED) is 0.801.